The molecule has 6 nitrogen and oxygen atoms in total. The van der Waals surface area contributed by atoms with Crippen LogP contribution in [0.1, 0.15) is 33.6 Å². The zero-order valence-corrected chi connectivity index (χ0v) is 20.8. The van der Waals surface area contributed by atoms with E-state index in [2.05, 4.69) is 5.32 Å². The number of amides is 2. The third-order valence-electron chi connectivity index (χ3n) is 6.26. The molecule has 37 heavy (non-hydrogen) atoms. The summed E-state index contributed by atoms with van der Waals surface area (Å²) >= 11 is 12.1. The second-order valence-corrected chi connectivity index (χ2v) is 9.45. The summed E-state index contributed by atoms with van der Waals surface area (Å²) in [5.74, 6) is -2.43. The first kappa shape index (κ1) is 24.6. The van der Waals surface area contributed by atoms with Crippen molar-refractivity contribution in [1.82, 2.24) is 4.90 Å². The van der Waals surface area contributed by atoms with Gasteiger partial charge in [0.1, 0.15) is 6.04 Å². The summed E-state index contributed by atoms with van der Waals surface area (Å²) in [7, 11) is 0. The van der Waals surface area contributed by atoms with Gasteiger partial charge in [-0.15, -0.1) is 0 Å². The number of nitrogens with zero attached hydrogens (tertiary/aromatic N) is 1. The van der Waals surface area contributed by atoms with E-state index in [0.717, 1.165) is 16.0 Å². The standard InChI is InChI=1S/C29H20Cl2N2O4/c30-21-11-6-18(7-12-21)25-27(34)32-24-15-10-20(17-4-2-1-3-5-17)16-23(24)28(35)33(25)26(29(36)37)19-8-13-22(31)14-9-19/h1-16,25-26H,(H,32,34)(H,36,37). The third kappa shape index (κ3) is 4.81. The molecular formula is C29H20Cl2N2O4. The van der Waals surface area contributed by atoms with Crippen molar-refractivity contribution in [3.63, 3.8) is 0 Å². The molecule has 0 saturated carbocycles. The minimum absolute atomic E-state index is 0.186. The van der Waals surface area contributed by atoms with Gasteiger partial charge in [-0.25, -0.2) is 4.79 Å². The van der Waals surface area contributed by atoms with Crippen molar-refractivity contribution in [2.45, 2.75) is 12.1 Å². The molecule has 0 saturated heterocycles. The van der Waals surface area contributed by atoms with Gasteiger partial charge in [0, 0.05) is 10.0 Å². The number of carboxylic acid groups (broad SMARTS) is 1. The number of aliphatic carboxylic acids is 1. The van der Waals surface area contributed by atoms with Gasteiger partial charge in [0.05, 0.1) is 11.3 Å². The van der Waals surface area contributed by atoms with E-state index in [4.69, 9.17) is 23.2 Å². The number of rotatable bonds is 5. The minimum Gasteiger partial charge on any atom is -0.479 e. The summed E-state index contributed by atoms with van der Waals surface area (Å²) in [5.41, 5.74) is 2.85. The molecule has 1 heterocycles. The minimum atomic E-state index is -1.47. The summed E-state index contributed by atoms with van der Waals surface area (Å²) in [6.07, 6.45) is 0. The van der Waals surface area contributed by atoms with Crippen molar-refractivity contribution in [2.24, 2.45) is 0 Å². The Morgan fingerprint density at radius 1 is 0.811 bits per heavy atom. The van der Waals surface area contributed by atoms with E-state index in [1.54, 1.807) is 48.5 Å². The van der Waals surface area contributed by atoms with Crippen molar-refractivity contribution < 1.29 is 19.5 Å². The Morgan fingerprint density at radius 3 is 2.05 bits per heavy atom. The normalized spacial score (nSPS) is 15.9. The SMILES string of the molecule is O=C(O)C(c1ccc(Cl)cc1)N1C(=O)c2cc(-c3ccccc3)ccc2NC(=O)C1c1ccc(Cl)cc1. The second kappa shape index (κ2) is 10.1. The van der Waals surface area contributed by atoms with Crippen molar-refractivity contribution in [1.29, 1.82) is 0 Å². The molecule has 5 rings (SSSR count). The van der Waals surface area contributed by atoms with Gasteiger partial charge in [-0.05, 0) is 58.7 Å². The predicted octanol–water partition coefficient (Wildman–Crippen LogP) is 6.62. The van der Waals surface area contributed by atoms with E-state index in [1.807, 2.05) is 36.4 Å². The first-order valence-corrected chi connectivity index (χ1v) is 12.2. The maximum atomic E-state index is 14.2. The molecular weight excluding hydrogens is 511 g/mol. The highest BCUT2D eigenvalue weighted by Crippen LogP contribution is 2.39. The summed E-state index contributed by atoms with van der Waals surface area (Å²) in [6, 6.07) is 24.5. The molecule has 1 aliphatic rings. The first-order chi connectivity index (χ1) is 17.8. The van der Waals surface area contributed by atoms with E-state index < -0.39 is 29.9 Å². The average molecular weight is 531 g/mol. The topological polar surface area (TPSA) is 86.7 Å². The van der Waals surface area contributed by atoms with Crippen LogP contribution in [0.3, 0.4) is 0 Å². The number of anilines is 1. The van der Waals surface area contributed by atoms with Crippen molar-refractivity contribution in [3.8, 4) is 11.1 Å². The zero-order valence-electron chi connectivity index (χ0n) is 19.3. The van der Waals surface area contributed by atoms with Gasteiger partial charge in [0.2, 0.25) is 0 Å². The van der Waals surface area contributed by atoms with E-state index >= 15 is 0 Å². The van der Waals surface area contributed by atoms with Gasteiger partial charge in [-0.1, -0.05) is 83.9 Å². The number of carboxylic acids is 1. The number of benzene rings is 4. The van der Waals surface area contributed by atoms with Crippen LogP contribution < -0.4 is 5.32 Å². The molecule has 0 bridgehead atoms. The second-order valence-electron chi connectivity index (χ2n) is 8.57. The number of carbonyl (C=O) groups is 3. The fraction of sp³-hybridized carbons (Fsp3) is 0.0690. The maximum Gasteiger partial charge on any atom is 0.331 e. The van der Waals surface area contributed by atoms with Crippen LogP contribution in [-0.2, 0) is 9.59 Å². The first-order valence-electron chi connectivity index (χ1n) is 11.4. The van der Waals surface area contributed by atoms with Crippen LogP contribution in [0.25, 0.3) is 11.1 Å². The number of hydrogen-bond donors (Lipinski definition) is 2. The lowest BCUT2D eigenvalue weighted by Crippen LogP contribution is -2.44. The van der Waals surface area contributed by atoms with Gasteiger partial charge in [-0.3, -0.25) is 9.59 Å². The molecule has 2 amide bonds. The molecule has 1 aliphatic heterocycles. The molecule has 0 radical (unpaired) electrons. The molecule has 2 unspecified atom stereocenters. The average Bonchev–Trinajstić information content (AvgIpc) is 3.00. The summed E-state index contributed by atoms with van der Waals surface area (Å²) < 4.78 is 0. The zero-order chi connectivity index (χ0) is 26.1. The van der Waals surface area contributed by atoms with Gasteiger partial charge in [0.15, 0.2) is 6.04 Å². The van der Waals surface area contributed by atoms with E-state index in [0.29, 0.717) is 26.9 Å². The van der Waals surface area contributed by atoms with Gasteiger partial charge in [0.25, 0.3) is 11.8 Å². The number of hydrogen-bond acceptors (Lipinski definition) is 3. The van der Waals surface area contributed by atoms with Crippen molar-refractivity contribution in [2.75, 3.05) is 5.32 Å². The van der Waals surface area contributed by atoms with Crippen molar-refractivity contribution >= 4 is 46.7 Å². The Labute approximate surface area is 223 Å². The Kier molecular flexibility index (Phi) is 6.70. The fourth-order valence-electron chi connectivity index (χ4n) is 4.51. The van der Waals surface area contributed by atoms with Crippen LogP contribution in [0.5, 0.6) is 0 Å². The molecule has 2 N–H and O–H groups in total. The summed E-state index contributed by atoms with van der Waals surface area (Å²) in [5, 5.41) is 14.0. The van der Waals surface area contributed by atoms with Crippen LogP contribution >= 0.6 is 23.2 Å². The highest BCUT2D eigenvalue weighted by Gasteiger charge is 2.44. The Hall–Kier alpha value is -4.13. The Morgan fingerprint density at radius 2 is 1.43 bits per heavy atom. The fourth-order valence-corrected chi connectivity index (χ4v) is 4.77. The quantitative estimate of drug-likeness (QED) is 0.303. The maximum absolute atomic E-state index is 14.2. The third-order valence-corrected chi connectivity index (χ3v) is 6.76. The summed E-state index contributed by atoms with van der Waals surface area (Å²) in [6.45, 7) is 0. The van der Waals surface area contributed by atoms with E-state index in [9.17, 15) is 19.5 Å². The predicted molar refractivity (Wildman–Crippen MR) is 143 cm³/mol. The lowest BCUT2D eigenvalue weighted by Gasteiger charge is -2.34. The highest BCUT2D eigenvalue weighted by atomic mass is 35.5. The Balaban J connectivity index is 1.71. The molecule has 8 heteroatoms. The van der Waals surface area contributed by atoms with Crippen LogP contribution in [0.4, 0.5) is 5.69 Å². The van der Waals surface area contributed by atoms with Gasteiger partial charge < -0.3 is 15.3 Å². The molecule has 2 atom stereocenters. The highest BCUT2D eigenvalue weighted by molar-refractivity contribution is 6.30. The molecule has 4 aromatic rings. The molecule has 0 aliphatic carbocycles. The van der Waals surface area contributed by atoms with E-state index in [-0.39, 0.29) is 5.56 Å². The van der Waals surface area contributed by atoms with Crippen LogP contribution in [0, 0.1) is 0 Å². The Bertz CT molecular complexity index is 1490. The smallest absolute Gasteiger partial charge is 0.331 e. The van der Waals surface area contributed by atoms with Crippen LogP contribution in [0.15, 0.2) is 97.1 Å². The molecule has 184 valence electrons. The molecule has 0 fully saturated rings. The van der Waals surface area contributed by atoms with Gasteiger partial charge in [-0.2, -0.15) is 0 Å². The lowest BCUT2D eigenvalue weighted by atomic mass is 9.97. The molecule has 0 spiro atoms. The molecule has 0 aromatic heterocycles. The van der Waals surface area contributed by atoms with Crippen LogP contribution in [-0.4, -0.2) is 27.8 Å². The number of nitrogens with one attached hydrogen (secondary N) is 1. The lowest BCUT2D eigenvalue weighted by molar-refractivity contribution is -0.144. The summed E-state index contributed by atoms with van der Waals surface area (Å²) in [4.78, 5) is 41.7. The van der Waals surface area contributed by atoms with Gasteiger partial charge >= 0.3 is 5.97 Å². The number of carbonyl (C=O) groups excluding carboxylic acids is 2. The number of halogens is 2. The molecule has 4 aromatic carbocycles. The monoisotopic (exact) mass is 530 g/mol. The van der Waals surface area contributed by atoms with E-state index in [1.165, 1.54) is 12.1 Å². The largest absolute Gasteiger partial charge is 0.479 e. The number of fused-ring (bicyclic) bond motifs is 1. The van der Waals surface area contributed by atoms with Crippen molar-refractivity contribution in [3.05, 3.63) is 124 Å². The van der Waals surface area contributed by atoms with Crippen LogP contribution in [0.2, 0.25) is 10.0 Å².